The number of anilines is 2. The molecule has 18 heavy (non-hydrogen) atoms. The molecule has 0 saturated heterocycles. The third-order valence-corrected chi connectivity index (χ3v) is 2.93. The Morgan fingerprint density at radius 2 is 1.78 bits per heavy atom. The maximum absolute atomic E-state index is 5.95. The average Bonchev–Trinajstić information content (AvgIpc) is 2.29. The molecule has 0 aliphatic heterocycles. The Morgan fingerprint density at radius 1 is 1.17 bits per heavy atom. The van der Waals surface area contributed by atoms with E-state index >= 15 is 0 Å². The number of benzene rings is 1. The van der Waals surface area contributed by atoms with Crippen LogP contribution in [0.5, 0.6) is 0 Å². The van der Waals surface area contributed by atoms with Crippen LogP contribution >= 0.6 is 0 Å². The molecule has 0 fully saturated rings. The summed E-state index contributed by atoms with van der Waals surface area (Å²) in [5.74, 6) is 1.13. The van der Waals surface area contributed by atoms with Crippen LogP contribution in [0, 0.1) is 0 Å². The van der Waals surface area contributed by atoms with Crippen molar-refractivity contribution >= 4 is 22.7 Å². The summed E-state index contributed by atoms with van der Waals surface area (Å²) < 4.78 is 0. The fraction of sp³-hybridized carbons (Fsp3) is 0.429. The summed E-state index contributed by atoms with van der Waals surface area (Å²) in [4.78, 5) is 8.92. The lowest BCUT2D eigenvalue weighted by atomic mass is 9.99. The summed E-state index contributed by atoms with van der Waals surface area (Å²) in [7, 11) is 0. The van der Waals surface area contributed by atoms with Crippen LogP contribution in [0.4, 0.5) is 11.6 Å². The summed E-state index contributed by atoms with van der Waals surface area (Å²) in [6, 6.07) is 7.75. The van der Waals surface area contributed by atoms with Gasteiger partial charge >= 0.3 is 0 Å². The molecule has 0 atom stereocenters. The van der Waals surface area contributed by atoms with Gasteiger partial charge in [0, 0.05) is 5.54 Å². The van der Waals surface area contributed by atoms with Gasteiger partial charge in [-0.2, -0.15) is 0 Å². The van der Waals surface area contributed by atoms with Gasteiger partial charge in [-0.05, 0) is 32.4 Å². The highest BCUT2D eigenvalue weighted by atomic mass is 15.1. The standard InChI is InChI=1S/C14H20N4/c1-4-9-14(2,3)18-13-12(15)16-10-7-5-6-8-11(10)17-13/h5-8H,4,9H2,1-3H3,(H2,15,16)(H,17,18). The quantitative estimate of drug-likeness (QED) is 0.866. The average molecular weight is 244 g/mol. The molecule has 3 N–H and O–H groups in total. The zero-order chi connectivity index (χ0) is 13.2. The van der Waals surface area contributed by atoms with E-state index in [-0.39, 0.29) is 5.54 Å². The normalized spacial score (nSPS) is 11.7. The van der Waals surface area contributed by atoms with Crippen molar-refractivity contribution in [2.75, 3.05) is 11.1 Å². The maximum Gasteiger partial charge on any atom is 0.169 e. The molecule has 0 unspecified atom stereocenters. The van der Waals surface area contributed by atoms with Crippen molar-refractivity contribution in [2.24, 2.45) is 0 Å². The van der Waals surface area contributed by atoms with E-state index in [4.69, 9.17) is 5.73 Å². The second-order valence-corrected chi connectivity index (χ2v) is 5.21. The Kier molecular flexibility index (Phi) is 3.36. The van der Waals surface area contributed by atoms with E-state index in [0.717, 1.165) is 23.9 Å². The second-order valence-electron chi connectivity index (χ2n) is 5.21. The molecule has 1 aromatic heterocycles. The zero-order valence-corrected chi connectivity index (χ0v) is 11.2. The molecule has 0 aliphatic rings. The number of hydrogen-bond acceptors (Lipinski definition) is 4. The predicted molar refractivity (Wildman–Crippen MR) is 76.6 cm³/mol. The van der Waals surface area contributed by atoms with E-state index in [2.05, 4.69) is 36.1 Å². The topological polar surface area (TPSA) is 63.8 Å². The first-order chi connectivity index (χ1) is 8.52. The van der Waals surface area contributed by atoms with Crippen LogP contribution in [0.15, 0.2) is 24.3 Å². The Labute approximate surface area is 108 Å². The lowest BCUT2D eigenvalue weighted by Crippen LogP contribution is -2.31. The number of hydrogen-bond donors (Lipinski definition) is 2. The summed E-state index contributed by atoms with van der Waals surface area (Å²) in [6.45, 7) is 6.46. The SMILES string of the molecule is CCCC(C)(C)Nc1nc2ccccc2nc1N. The molecule has 0 bridgehead atoms. The molecule has 1 heterocycles. The molecule has 1 aromatic carbocycles. The van der Waals surface area contributed by atoms with E-state index in [1.54, 1.807) is 0 Å². The first kappa shape index (κ1) is 12.6. The van der Waals surface area contributed by atoms with Gasteiger partial charge in [0.25, 0.3) is 0 Å². The van der Waals surface area contributed by atoms with E-state index in [1.165, 1.54) is 0 Å². The van der Waals surface area contributed by atoms with Crippen LogP contribution in [0.2, 0.25) is 0 Å². The van der Waals surface area contributed by atoms with Gasteiger partial charge in [0.2, 0.25) is 0 Å². The van der Waals surface area contributed by atoms with Crippen molar-refractivity contribution in [3.63, 3.8) is 0 Å². The van der Waals surface area contributed by atoms with Gasteiger partial charge in [-0.1, -0.05) is 25.5 Å². The molecule has 4 heteroatoms. The van der Waals surface area contributed by atoms with Crippen molar-refractivity contribution in [3.05, 3.63) is 24.3 Å². The van der Waals surface area contributed by atoms with Crippen molar-refractivity contribution in [1.82, 2.24) is 9.97 Å². The minimum absolute atomic E-state index is 0.0278. The number of aromatic nitrogens is 2. The number of nitrogens with two attached hydrogens (primary N) is 1. The van der Waals surface area contributed by atoms with Crippen LogP contribution in [-0.2, 0) is 0 Å². The molecular formula is C14H20N4. The molecule has 0 aliphatic carbocycles. The highest BCUT2D eigenvalue weighted by molar-refractivity contribution is 5.79. The van der Waals surface area contributed by atoms with Crippen LogP contribution in [-0.4, -0.2) is 15.5 Å². The molecule has 0 spiro atoms. The van der Waals surface area contributed by atoms with Gasteiger partial charge in [0.1, 0.15) is 0 Å². The summed E-state index contributed by atoms with van der Waals surface area (Å²) in [5, 5.41) is 3.38. The van der Waals surface area contributed by atoms with Gasteiger partial charge in [0.15, 0.2) is 11.6 Å². The van der Waals surface area contributed by atoms with Crippen LogP contribution < -0.4 is 11.1 Å². The van der Waals surface area contributed by atoms with Crippen molar-refractivity contribution < 1.29 is 0 Å². The molecule has 4 nitrogen and oxygen atoms in total. The fourth-order valence-corrected chi connectivity index (χ4v) is 2.11. The van der Waals surface area contributed by atoms with Crippen molar-refractivity contribution in [3.8, 4) is 0 Å². The van der Waals surface area contributed by atoms with E-state index in [1.807, 2.05) is 24.3 Å². The molecule has 2 rings (SSSR count). The largest absolute Gasteiger partial charge is 0.381 e. The number of para-hydroxylation sites is 2. The molecule has 0 saturated carbocycles. The predicted octanol–water partition coefficient (Wildman–Crippen LogP) is 3.20. The number of nitrogens with zero attached hydrogens (tertiary/aromatic N) is 2. The van der Waals surface area contributed by atoms with E-state index in [9.17, 15) is 0 Å². The fourth-order valence-electron chi connectivity index (χ4n) is 2.11. The first-order valence-electron chi connectivity index (χ1n) is 6.32. The van der Waals surface area contributed by atoms with E-state index in [0.29, 0.717) is 11.6 Å². The number of rotatable bonds is 4. The zero-order valence-electron chi connectivity index (χ0n) is 11.2. The minimum atomic E-state index is -0.0278. The third kappa shape index (κ3) is 2.70. The molecule has 2 aromatic rings. The van der Waals surface area contributed by atoms with Gasteiger partial charge < -0.3 is 11.1 Å². The monoisotopic (exact) mass is 244 g/mol. The Balaban J connectivity index is 2.36. The third-order valence-electron chi connectivity index (χ3n) is 2.93. The highest BCUT2D eigenvalue weighted by Gasteiger charge is 2.18. The summed E-state index contributed by atoms with van der Waals surface area (Å²) in [5.41, 5.74) is 7.62. The van der Waals surface area contributed by atoms with Crippen molar-refractivity contribution in [2.45, 2.75) is 39.2 Å². The number of nitrogen functional groups attached to an aromatic ring is 1. The Hall–Kier alpha value is -1.84. The summed E-state index contributed by atoms with van der Waals surface area (Å²) in [6.07, 6.45) is 2.17. The van der Waals surface area contributed by atoms with Crippen molar-refractivity contribution in [1.29, 1.82) is 0 Å². The lowest BCUT2D eigenvalue weighted by molar-refractivity contribution is 0.509. The molecule has 0 amide bonds. The van der Waals surface area contributed by atoms with Gasteiger partial charge in [-0.3, -0.25) is 0 Å². The van der Waals surface area contributed by atoms with E-state index < -0.39 is 0 Å². The maximum atomic E-state index is 5.95. The highest BCUT2D eigenvalue weighted by Crippen LogP contribution is 2.23. The molecular weight excluding hydrogens is 224 g/mol. The first-order valence-corrected chi connectivity index (χ1v) is 6.32. The summed E-state index contributed by atoms with van der Waals surface area (Å²) >= 11 is 0. The number of nitrogens with one attached hydrogen (secondary N) is 1. The van der Waals surface area contributed by atoms with Gasteiger partial charge in [0.05, 0.1) is 11.0 Å². The molecule has 96 valence electrons. The Morgan fingerprint density at radius 3 is 2.39 bits per heavy atom. The smallest absolute Gasteiger partial charge is 0.169 e. The van der Waals surface area contributed by atoms with Gasteiger partial charge in [-0.25, -0.2) is 9.97 Å². The number of fused-ring (bicyclic) bond motifs is 1. The van der Waals surface area contributed by atoms with Crippen LogP contribution in [0.1, 0.15) is 33.6 Å². The van der Waals surface area contributed by atoms with Crippen LogP contribution in [0.3, 0.4) is 0 Å². The minimum Gasteiger partial charge on any atom is -0.381 e. The Bertz CT molecular complexity index is 548. The van der Waals surface area contributed by atoms with Crippen LogP contribution in [0.25, 0.3) is 11.0 Å². The lowest BCUT2D eigenvalue weighted by Gasteiger charge is -2.26. The van der Waals surface area contributed by atoms with Gasteiger partial charge in [-0.15, -0.1) is 0 Å². The second kappa shape index (κ2) is 4.80. The molecule has 0 radical (unpaired) electrons.